The Kier molecular flexibility index (Phi) is 2.90. The minimum absolute atomic E-state index is 0.167. The molecule has 104 valence electrons. The van der Waals surface area contributed by atoms with E-state index in [-0.39, 0.29) is 5.41 Å². The largest absolute Gasteiger partial charge is 0.370 e. The standard InChI is InChI=1S/C18H15ClN2/c19-15-4-3-6-17(10-15)21-12-14-11-18(14,13-21)8-7-16-5-1-2-9-20-16/h1-6,9-10,14H,11-13H2. The van der Waals surface area contributed by atoms with Crippen molar-refractivity contribution in [1.82, 2.24) is 4.98 Å². The number of hydrogen-bond acceptors (Lipinski definition) is 2. The third kappa shape index (κ3) is 2.39. The molecular weight excluding hydrogens is 280 g/mol. The van der Waals surface area contributed by atoms with Crippen LogP contribution in [0.5, 0.6) is 0 Å². The summed E-state index contributed by atoms with van der Waals surface area (Å²) in [5.41, 5.74) is 2.23. The molecule has 1 aromatic heterocycles. The third-order valence-electron chi connectivity index (χ3n) is 4.42. The van der Waals surface area contributed by atoms with Gasteiger partial charge in [-0.1, -0.05) is 29.7 Å². The van der Waals surface area contributed by atoms with Crippen LogP contribution in [0.25, 0.3) is 0 Å². The van der Waals surface area contributed by atoms with Gasteiger partial charge in [-0.15, -0.1) is 0 Å². The highest BCUT2D eigenvalue weighted by Crippen LogP contribution is 2.58. The van der Waals surface area contributed by atoms with Crippen LogP contribution in [-0.2, 0) is 0 Å². The van der Waals surface area contributed by atoms with Gasteiger partial charge in [0.05, 0.1) is 5.41 Å². The lowest BCUT2D eigenvalue weighted by Crippen LogP contribution is -2.24. The van der Waals surface area contributed by atoms with Crippen LogP contribution >= 0.6 is 11.6 Å². The summed E-state index contributed by atoms with van der Waals surface area (Å²) in [5.74, 6) is 7.40. The van der Waals surface area contributed by atoms with E-state index < -0.39 is 0 Å². The monoisotopic (exact) mass is 294 g/mol. The molecule has 21 heavy (non-hydrogen) atoms. The van der Waals surface area contributed by atoms with Crippen LogP contribution < -0.4 is 4.90 Å². The molecule has 0 bridgehead atoms. The summed E-state index contributed by atoms with van der Waals surface area (Å²) in [6, 6.07) is 13.9. The molecule has 2 nitrogen and oxygen atoms in total. The van der Waals surface area contributed by atoms with Crippen LogP contribution in [0.1, 0.15) is 12.1 Å². The highest BCUT2D eigenvalue weighted by molar-refractivity contribution is 6.30. The molecule has 0 N–H and O–H groups in total. The molecule has 2 aliphatic rings. The molecule has 0 radical (unpaired) electrons. The van der Waals surface area contributed by atoms with E-state index in [1.54, 1.807) is 6.20 Å². The van der Waals surface area contributed by atoms with Gasteiger partial charge in [-0.05, 0) is 48.6 Å². The van der Waals surface area contributed by atoms with E-state index in [0.29, 0.717) is 5.92 Å². The first kappa shape index (κ1) is 12.7. The minimum atomic E-state index is 0.167. The Balaban J connectivity index is 1.53. The predicted molar refractivity (Wildman–Crippen MR) is 85.3 cm³/mol. The van der Waals surface area contributed by atoms with E-state index in [9.17, 15) is 0 Å². The summed E-state index contributed by atoms with van der Waals surface area (Å²) in [5, 5.41) is 0.793. The minimum Gasteiger partial charge on any atom is -0.370 e. The van der Waals surface area contributed by atoms with Crippen molar-refractivity contribution in [2.45, 2.75) is 6.42 Å². The fraction of sp³-hybridized carbons (Fsp3) is 0.278. The fourth-order valence-electron chi connectivity index (χ4n) is 3.17. The Morgan fingerprint density at radius 3 is 3.00 bits per heavy atom. The molecular formula is C18H15ClN2. The van der Waals surface area contributed by atoms with Gasteiger partial charge in [-0.3, -0.25) is 0 Å². The highest BCUT2D eigenvalue weighted by atomic mass is 35.5. The van der Waals surface area contributed by atoms with Gasteiger partial charge in [0.2, 0.25) is 0 Å². The lowest BCUT2D eigenvalue weighted by molar-refractivity contribution is 0.706. The number of halogens is 1. The number of nitrogens with zero attached hydrogens (tertiary/aromatic N) is 2. The van der Waals surface area contributed by atoms with Crippen molar-refractivity contribution in [2.24, 2.45) is 11.3 Å². The first-order chi connectivity index (χ1) is 10.3. The van der Waals surface area contributed by atoms with Gasteiger partial charge in [0.25, 0.3) is 0 Å². The Morgan fingerprint density at radius 2 is 2.19 bits per heavy atom. The lowest BCUT2D eigenvalue weighted by atomic mass is 10.1. The molecule has 3 heteroatoms. The smallest absolute Gasteiger partial charge is 0.113 e. The van der Waals surface area contributed by atoms with Crippen molar-refractivity contribution < 1.29 is 0 Å². The number of aromatic nitrogens is 1. The van der Waals surface area contributed by atoms with Gasteiger partial charge in [0, 0.05) is 30.0 Å². The molecule has 1 aliphatic heterocycles. The Morgan fingerprint density at radius 1 is 1.24 bits per heavy atom. The van der Waals surface area contributed by atoms with Crippen molar-refractivity contribution in [2.75, 3.05) is 18.0 Å². The predicted octanol–water partition coefficient (Wildman–Crippen LogP) is 3.61. The second kappa shape index (κ2) is 4.79. The van der Waals surface area contributed by atoms with Gasteiger partial charge in [0.1, 0.15) is 5.69 Å². The average Bonchev–Trinajstić information content (AvgIpc) is 3.07. The number of hydrogen-bond donors (Lipinski definition) is 0. The average molecular weight is 295 g/mol. The first-order valence-electron chi connectivity index (χ1n) is 7.20. The normalized spacial score (nSPS) is 26.0. The van der Waals surface area contributed by atoms with Crippen molar-refractivity contribution in [3.63, 3.8) is 0 Å². The lowest BCUT2D eigenvalue weighted by Gasteiger charge is -2.21. The summed E-state index contributed by atoms with van der Waals surface area (Å²) < 4.78 is 0. The van der Waals surface area contributed by atoms with Crippen LogP contribution in [0, 0.1) is 23.2 Å². The number of anilines is 1. The van der Waals surface area contributed by atoms with E-state index in [0.717, 1.165) is 23.8 Å². The first-order valence-corrected chi connectivity index (χ1v) is 7.58. The zero-order valence-corrected chi connectivity index (χ0v) is 12.3. The number of fused-ring (bicyclic) bond motifs is 1. The number of piperidine rings is 1. The van der Waals surface area contributed by atoms with E-state index in [1.165, 1.54) is 12.1 Å². The zero-order chi connectivity index (χ0) is 14.3. The summed E-state index contributed by atoms with van der Waals surface area (Å²) >= 11 is 6.08. The molecule has 1 aromatic carbocycles. The maximum absolute atomic E-state index is 6.08. The summed E-state index contributed by atoms with van der Waals surface area (Å²) in [7, 11) is 0. The Labute approximate surface area is 129 Å². The van der Waals surface area contributed by atoms with Crippen molar-refractivity contribution in [1.29, 1.82) is 0 Å². The molecule has 2 heterocycles. The number of rotatable bonds is 1. The molecule has 4 rings (SSSR count). The molecule has 0 amide bonds. The van der Waals surface area contributed by atoms with E-state index >= 15 is 0 Å². The van der Waals surface area contributed by atoms with Crippen molar-refractivity contribution in [3.05, 3.63) is 59.4 Å². The van der Waals surface area contributed by atoms with Gasteiger partial charge >= 0.3 is 0 Å². The number of pyridine rings is 1. The van der Waals surface area contributed by atoms with Crippen molar-refractivity contribution >= 4 is 17.3 Å². The highest BCUT2D eigenvalue weighted by Gasteiger charge is 2.59. The molecule has 1 saturated heterocycles. The fourth-order valence-corrected chi connectivity index (χ4v) is 3.36. The molecule has 0 spiro atoms. The van der Waals surface area contributed by atoms with Crippen molar-refractivity contribution in [3.8, 4) is 11.8 Å². The third-order valence-corrected chi connectivity index (χ3v) is 4.66. The van der Waals surface area contributed by atoms with Gasteiger partial charge in [-0.25, -0.2) is 4.98 Å². The second-order valence-corrected chi connectivity index (χ2v) is 6.32. The van der Waals surface area contributed by atoms with Gasteiger partial charge in [-0.2, -0.15) is 0 Å². The molecule has 2 atom stereocenters. The zero-order valence-electron chi connectivity index (χ0n) is 11.6. The maximum Gasteiger partial charge on any atom is 0.113 e. The van der Waals surface area contributed by atoms with Gasteiger partial charge in [0.15, 0.2) is 0 Å². The van der Waals surface area contributed by atoms with E-state index in [4.69, 9.17) is 11.6 Å². The molecule has 2 fully saturated rings. The SMILES string of the molecule is Clc1cccc(N2CC3CC3(C#Cc3ccccn3)C2)c1. The van der Waals surface area contributed by atoms with Crippen LogP contribution in [0.4, 0.5) is 5.69 Å². The molecule has 1 aliphatic carbocycles. The van der Waals surface area contributed by atoms with Crippen LogP contribution in [0.3, 0.4) is 0 Å². The molecule has 2 aromatic rings. The van der Waals surface area contributed by atoms with E-state index in [1.807, 2.05) is 36.4 Å². The van der Waals surface area contributed by atoms with Crippen LogP contribution in [-0.4, -0.2) is 18.1 Å². The summed E-state index contributed by atoms with van der Waals surface area (Å²) in [4.78, 5) is 6.67. The summed E-state index contributed by atoms with van der Waals surface area (Å²) in [6.07, 6.45) is 3.00. The van der Waals surface area contributed by atoms with Crippen LogP contribution in [0.15, 0.2) is 48.7 Å². The molecule has 1 saturated carbocycles. The van der Waals surface area contributed by atoms with E-state index in [2.05, 4.69) is 27.8 Å². The Bertz CT molecular complexity index is 732. The Hall–Kier alpha value is -1.98. The van der Waals surface area contributed by atoms with Crippen LogP contribution in [0.2, 0.25) is 5.02 Å². The van der Waals surface area contributed by atoms with Gasteiger partial charge < -0.3 is 4.90 Å². The number of benzene rings is 1. The molecule has 2 unspecified atom stereocenters. The topological polar surface area (TPSA) is 16.1 Å². The quantitative estimate of drug-likeness (QED) is 0.747. The summed E-state index contributed by atoms with van der Waals surface area (Å²) in [6.45, 7) is 2.08. The maximum atomic E-state index is 6.08. The second-order valence-electron chi connectivity index (χ2n) is 5.88.